The van der Waals surface area contributed by atoms with Gasteiger partial charge in [0.05, 0.1) is 11.0 Å². The van der Waals surface area contributed by atoms with E-state index in [2.05, 4.69) is 5.32 Å². The van der Waals surface area contributed by atoms with Crippen molar-refractivity contribution in [2.45, 2.75) is 37.0 Å². The van der Waals surface area contributed by atoms with Gasteiger partial charge in [0.1, 0.15) is 6.04 Å². The maximum atomic E-state index is 11.5. The molecule has 2 aliphatic rings. The molecule has 2 unspecified atom stereocenters. The van der Waals surface area contributed by atoms with Gasteiger partial charge in [-0.1, -0.05) is 0 Å². The average Bonchev–Trinajstić information content (AvgIpc) is 2.93. The fraction of sp³-hybridized carbons (Fsp3) is 0.900. The summed E-state index contributed by atoms with van der Waals surface area (Å²) in [5.41, 5.74) is 0. The molecule has 1 heterocycles. The van der Waals surface area contributed by atoms with E-state index in [1.54, 1.807) is 0 Å². The van der Waals surface area contributed by atoms with Gasteiger partial charge < -0.3 is 10.4 Å². The first-order chi connectivity index (χ1) is 7.50. The highest BCUT2D eigenvalue weighted by atomic mass is 32.2. The molecule has 0 aromatic carbocycles. The first-order valence-electron chi connectivity index (χ1n) is 5.68. The van der Waals surface area contributed by atoms with E-state index in [4.69, 9.17) is 5.11 Å². The number of sulfone groups is 1. The van der Waals surface area contributed by atoms with Crippen molar-refractivity contribution in [2.75, 3.05) is 12.3 Å². The smallest absolute Gasteiger partial charge is 0.320 e. The number of carbonyl (C=O) groups is 1. The molecule has 2 fully saturated rings. The highest BCUT2D eigenvalue weighted by molar-refractivity contribution is 7.92. The first-order valence-corrected chi connectivity index (χ1v) is 7.40. The lowest BCUT2D eigenvalue weighted by molar-refractivity contribution is -0.140. The lowest BCUT2D eigenvalue weighted by atomic mass is 10.1. The predicted molar refractivity (Wildman–Crippen MR) is 59.0 cm³/mol. The van der Waals surface area contributed by atoms with Crippen LogP contribution in [-0.2, 0) is 14.6 Å². The lowest BCUT2D eigenvalue weighted by Gasteiger charge is -2.16. The summed E-state index contributed by atoms with van der Waals surface area (Å²) in [6, 6.07) is -0.559. The van der Waals surface area contributed by atoms with Crippen molar-refractivity contribution in [1.29, 1.82) is 0 Å². The van der Waals surface area contributed by atoms with Gasteiger partial charge in [-0.05, 0) is 31.6 Å². The second-order valence-electron chi connectivity index (χ2n) is 4.69. The van der Waals surface area contributed by atoms with Crippen LogP contribution in [0.25, 0.3) is 0 Å². The van der Waals surface area contributed by atoms with Crippen molar-refractivity contribution < 1.29 is 18.3 Å². The summed E-state index contributed by atoms with van der Waals surface area (Å²) < 4.78 is 23.1. The zero-order valence-electron chi connectivity index (χ0n) is 9.05. The third-order valence-electron chi connectivity index (χ3n) is 3.39. The Balaban J connectivity index is 1.88. The van der Waals surface area contributed by atoms with Crippen molar-refractivity contribution in [3.8, 4) is 0 Å². The van der Waals surface area contributed by atoms with E-state index in [1.807, 2.05) is 0 Å². The fourth-order valence-electron chi connectivity index (χ4n) is 2.23. The molecule has 0 aromatic rings. The number of carboxylic acid groups (broad SMARTS) is 1. The van der Waals surface area contributed by atoms with Crippen molar-refractivity contribution >= 4 is 15.8 Å². The summed E-state index contributed by atoms with van der Waals surface area (Å²) >= 11 is 0. The molecule has 2 rings (SSSR count). The van der Waals surface area contributed by atoms with E-state index in [0.29, 0.717) is 12.8 Å². The number of hydrogen-bond donors (Lipinski definition) is 2. The third kappa shape index (κ3) is 2.55. The molecule has 0 bridgehead atoms. The molecule has 2 N–H and O–H groups in total. The Kier molecular flexibility index (Phi) is 3.21. The van der Waals surface area contributed by atoms with Gasteiger partial charge in [-0.2, -0.15) is 0 Å². The molecule has 1 saturated heterocycles. The van der Waals surface area contributed by atoms with E-state index in [0.717, 1.165) is 12.8 Å². The molecular weight excluding hydrogens is 230 g/mol. The normalized spacial score (nSPS) is 30.1. The maximum absolute atomic E-state index is 11.5. The second-order valence-corrected chi connectivity index (χ2v) is 7.09. The van der Waals surface area contributed by atoms with Crippen LogP contribution in [0.3, 0.4) is 0 Å². The summed E-state index contributed by atoms with van der Waals surface area (Å²) in [7, 11) is -2.97. The van der Waals surface area contributed by atoms with Crippen molar-refractivity contribution in [3.05, 3.63) is 0 Å². The third-order valence-corrected chi connectivity index (χ3v) is 5.66. The molecule has 0 spiro atoms. The number of nitrogens with one attached hydrogen (secondary N) is 1. The monoisotopic (exact) mass is 247 g/mol. The Morgan fingerprint density at radius 3 is 2.50 bits per heavy atom. The molecule has 1 aliphatic carbocycles. The zero-order valence-corrected chi connectivity index (χ0v) is 9.87. The lowest BCUT2D eigenvalue weighted by Crippen LogP contribution is -2.43. The van der Waals surface area contributed by atoms with E-state index >= 15 is 0 Å². The van der Waals surface area contributed by atoms with Gasteiger partial charge in [-0.3, -0.25) is 4.79 Å². The molecule has 1 saturated carbocycles. The van der Waals surface area contributed by atoms with Crippen LogP contribution in [0.2, 0.25) is 0 Å². The molecule has 0 radical (unpaired) electrons. The molecule has 6 heteroatoms. The van der Waals surface area contributed by atoms with Crippen LogP contribution in [0.5, 0.6) is 0 Å². The first kappa shape index (κ1) is 11.9. The Labute approximate surface area is 95.1 Å². The van der Waals surface area contributed by atoms with Crippen molar-refractivity contribution in [3.63, 3.8) is 0 Å². The quantitative estimate of drug-likeness (QED) is 0.715. The Bertz CT molecular complexity index is 374. The van der Waals surface area contributed by atoms with Crippen LogP contribution in [-0.4, -0.2) is 43.1 Å². The van der Waals surface area contributed by atoms with Gasteiger partial charge in [0.2, 0.25) is 0 Å². The average molecular weight is 247 g/mol. The minimum absolute atomic E-state index is 0.196. The summed E-state index contributed by atoms with van der Waals surface area (Å²) in [5, 5.41) is 11.5. The van der Waals surface area contributed by atoms with Crippen LogP contribution in [0.4, 0.5) is 0 Å². The molecule has 92 valence electrons. The van der Waals surface area contributed by atoms with Crippen molar-refractivity contribution in [1.82, 2.24) is 5.32 Å². The largest absolute Gasteiger partial charge is 0.480 e. The van der Waals surface area contributed by atoms with E-state index < -0.39 is 21.8 Å². The van der Waals surface area contributed by atoms with Crippen LogP contribution in [0, 0.1) is 5.92 Å². The minimum atomic E-state index is -2.97. The maximum Gasteiger partial charge on any atom is 0.320 e. The fourth-order valence-corrected chi connectivity index (χ4v) is 4.01. The zero-order chi connectivity index (χ0) is 11.8. The molecule has 1 aliphatic heterocycles. The minimum Gasteiger partial charge on any atom is -0.480 e. The van der Waals surface area contributed by atoms with Gasteiger partial charge >= 0.3 is 5.97 Å². The SMILES string of the molecule is O=C(O)C(NCC1CCCS1(=O)=O)C1CC1. The Hall–Kier alpha value is -0.620. The number of carboxylic acids is 1. The van der Waals surface area contributed by atoms with Gasteiger partial charge in [-0.25, -0.2) is 8.42 Å². The molecule has 16 heavy (non-hydrogen) atoms. The van der Waals surface area contributed by atoms with E-state index in [1.165, 1.54) is 0 Å². The second kappa shape index (κ2) is 4.33. The Morgan fingerprint density at radius 1 is 1.38 bits per heavy atom. The van der Waals surface area contributed by atoms with Gasteiger partial charge in [-0.15, -0.1) is 0 Å². The summed E-state index contributed by atoms with van der Waals surface area (Å²) in [4.78, 5) is 10.9. The molecular formula is C10H17NO4S. The molecule has 0 aromatic heterocycles. The van der Waals surface area contributed by atoms with E-state index in [-0.39, 0.29) is 23.5 Å². The predicted octanol–water partition coefficient (Wildman–Crippen LogP) is 0.0164. The summed E-state index contributed by atoms with van der Waals surface area (Å²) in [6.45, 7) is 0.288. The summed E-state index contributed by atoms with van der Waals surface area (Å²) in [5.74, 6) is -0.417. The highest BCUT2D eigenvalue weighted by Gasteiger charge is 2.38. The molecule has 5 nitrogen and oxygen atoms in total. The summed E-state index contributed by atoms with van der Waals surface area (Å²) in [6.07, 6.45) is 3.23. The Morgan fingerprint density at radius 2 is 2.06 bits per heavy atom. The standard InChI is InChI=1S/C10H17NO4S/c12-10(13)9(7-3-4-7)11-6-8-2-1-5-16(8,14)15/h7-9,11H,1-6H2,(H,12,13). The van der Waals surface area contributed by atoms with Gasteiger partial charge in [0.25, 0.3) is 0 Å². The van der Waals surface area contributed by atoms with Gasteiger partial charge in [0.15, 0.2) is 9.84 Å². The highest BCUT2D eigenvalue weighted by Crippen LogP contribution is 2.33. The van der Waals surface area contributed by atoms with Crippen LogP contribution < -0.4 is 5.32 Å². The van der Waals surface area contributed by atoms with Gasteiger partial charge in [0, 0.05) is 6.54 Å². The van der Waals surface area contributed by atoms with Crippen molar-refractivity contribution in [2.24, 2.45) is 5.92 Å². The van der Waals surface area contributed by atoms with E-state index in [9.17, 15) is 13.2 Å². The molecule has 2 atom stereocenters. The molecule has 0 amide bonds. The number of aliphatic carboxylic acids is 1. The number of hydrogen-bond acceptors (Lipinski definition) is 4. The van der Waals surface area contributed by atoms with Crippen LogP contribution >= 0.6 is 0 Å². The number of rotatable bonds is 5. The van der Waals surface area contributed by atoms with Crippen LogP contribution in [0.15, 0.2) is 0 Å². The van der Waals surface area contributed by atoms with Crippen LogP contribution in [0.1, 0.15) is 25.7 Å². The topological polar surface area (TPSA) is 83.5 Å².